The lowest BCUT2D eigenvalue weighted by molar-refractivity contribution is -0.123. The maximum atomic E-state index is 8.36. The number of likely N-dealkylation sites (tertiary alicyclic amines) is 1. The average molecular weight is 383 g/mol. The molecule has 2 aliphatic heterocycles. The predicted molar refractivity (Wildman–Crippen MR) is 104 cm³/mol. The topological polar surface area (TPSA) is 81.1 Å². The van der Waals surface area contributed by atoms with E-state index >= 15 is 0 Å². The number of carbonyl (C=O) groups is 2. The lowest BCUT2D eigenvalue weighted by atomic mass is 10.1. The molecule has 0 radical (unpaired) electrons. The monoisotopic (exact) mass is 382 g/mol. The minimum Gasteiger partial charge on any atom is -0.483 e. The highest BCUT2D eigenvalue weighted by Gasteiger charge is 2.19. The minimum atomic E-state index is -0.250. The van der Waals surface area contributed by atoms with E-state index in [1.165, 1.54) is 50.2 Å². The van der Waals surface area contributed by atoms with Gasteiger partial charge < -0.3 is 10.2 Å². The summed E-state index contributed by atoms with van der Waals surface area (Å²) >= 11 is 2.01. The van der Waals surface area contributed by atoms with Crippen molar-refractivity contribution in [2.45, 2.75) is 51.7 Å². The summed E-state index contributed by atoms with van der Waals surface area (Å²) in [5.41, 5.74) is 0. The number of nitrogens with zero attached hydrogens (tertiary/aromatic N) is 2. The molecule has 1 saturated heterocycles. The van der Waals surface area contributed by atoms with Gasteiger partial charge in [0.25, 0.3) is 12.9 Å². The fourth-order valence-electron chi connectivity index (χ4n) is 3.32. The number of rotatable bonds is 5. The molecule has 1 fully saturated rings. The van der Waals surface area contributed by atoms with Crippen LogP contribution in [0.3, 0.4) is 0 Å². The Balaban J connectivity index is 0.000000499. The normalized spacial score (nSPS) is 19.8. The summed E-state index contributed by atoms with van der Waals surface area (Å²) in [7, 11) is 0. The molecule has 3 rings (SSSR count). The van der Waals surface area contributed by atoms with Crippen LogP contribution in [0.4, 0.5) is 0 Å². The molecule has 0 spiro atoms. The van der Waals surface area contributed by atoms with Crippen LogP contribution in [0.1, 0.15) is 42.4 Å². The van der Waals surface area contributed by atoms with Crippen LogP contribution in [0.15, 0.2) is 24.3 Å². The van der Waals surface area contributed by atoms with Crippen molar-refractivity contribution >= 4 is 24.3 Å². The number of thiophene rings is 1. The molecular formula is C19H30N2O4S. The van der Waals surface area contributed by atoms with E-state index in [9.17, 15) is 0 Å². The van der Waals surface area contributed by atoms with Gasteiger partial charge >= 0.3 is 0 Å². The summed E-state index contributed by atoms with van der Waals surface area (Å²) in [6.07, 6.45) is 10.1. The molecule has 2 aliphatic rings. The van der Waals surface area contributed by atoms with Crippen molar-refractivity contribution in [1.29, 1.82) is 0 Å². The Morgan fingerprint density at radius 1 is 1.08 bits per heavy atom. The highest BCUT2D eigenvalue weighted by atomic mass is 32.1. The van der Waals surface area contributed by atoms with Crippen LogP contribution < -0.4 is 0 Å². The number of hydrogen-bond acceptors (Lipinski definition) is 5. The first-order valence-electron chi connectivity index (χ1n) is 9.04. The highest BCUT2D eigenvalue weighted by Crippen LogP contribution is 2.24. The fraction of sp³-hybridized carbons (Fsp3) is 0.579. The van der Waals surface area contributed by atoms with E-state index in [4.69, 9.17) is 19.8 Å². The first-order valence-corrected chi connectivity index (χ1v) is 9.86. The van der Waals surface area contributed by atoms with Crippen LogP contribution in [0.5, 0.6) is 0 Å². The summed E-state index contributed by atoms with van der Waals surface area (Å²) < 4.78 is 0. The van der Waals surface area contributed by atoms with E-state index in [-0.39, 0.29) is 12.9 Å². The number of hydrogen-bond donors (Lipinski definition) is 2. The van der Waals surface area contributed by atoms with Gasteiger partial charge in [0, 0.05) is 35.4 Å². The SMILES string of the molecule is CCC1C=CCN1Cc1ccc(CN2CCCCC2)s1.O=CO.O=CO. The zero-order valence-electron chi connectivity index (χ0n) is 15.4. The lowest BCUT2D eigenvalue weighted by Crippen LogP contribution is -2.28. The largest absolute Gasteiger partial charge is 0.483 e. The highest BCUT2D eigenvalue weighted by molar-refractivity contribution is 7.11. The molecule has 0 amide bonds. The van der Waals surface area contributed by atoms with Gasteiger partial charge in [0.15, 0.2) is 0 Å². The summed E-state index contributed by atoms with van der Waals surface area (Å²) in [4.78, 5) is 25.0. The molecule has 1 aromatic heterocycles. The van der Waals surface area contributed by atoms with Crippen LogP contribution >= 0.6 is 11.3 Å². The van der Waals surface area contributed by atoms with Crippen molar-refractivity contribution in [2.75, 3.05) is 19.6 Å². The molecule has 0 aliphatic carbocycles. The summed E-state index contributed by atoms with van der Waals surface area (Å²) in [5, 5.41) is 13.8. The van der Waals surface area contributed by atoms with Crippen LogP contribution in [0.25, 0.3) is 0 Å². The van der Waals surface area contributed by atoms with Crippen LogP contribution in [0, 0.1) is 0 Å². The van der Waals surface area contributed by atoms with Gasteiger partial charge in [-0.05, 0) is 44.5 Å². The second-order valence-electron chi connectivity index (χ2n) is 6.25. The van der Waals surface area contributed by atoms with Crippen molar-refractivity contribution in [3.63, 3.8) is 0 Å². The zero-order chi connectivity index (χ0) is 19.2. The maximum absolute atomic E-state index is 8.36. The zero-order valence-corrected chi connectivity index (χ0v) is 16.2. The minimum absolute atomic E-state index is 0.250. The summed E-state index contributed by atoms with van der Waals surface area (Å²) in [5.74, 6) is 0. The molecule has 7 heteroatoms. The Morgan fingerprint density at radius 3 is 2.23 bits per heavy atom. The third-order valence-corrected chi connectivity index (χ3v) is 5.54. The van der Waals surface area contributed by atoms with Gasteiger partial charge in [-0.2, -0.15) is 0 Å². The molecule has 1 atom stereocenters. The van der Waals surface area contributed by atoms with Gasteiger partial charge in [0.2, 0.25) is 0 Å². The van der Waals surface area contributed by atoms with Crippen molar-refractivity contribution in [1.82, 2.24) is 9.80 Å². The lowest BCUT2D eigenvalue weighted by Gasteiger charge is -2.25. The summed E-state index contributed by atoms with van der Waals surface area (Å²) in [6, 6.07) is 5.34. The van der Waals surface area contributed by atoms with E-state index in [1.807, 2.05) is 11.3 Å². The Kier molecular flexibility index (Phi) is 11.6. The van der Waals surface area contributed by atoms with Crippen molar-refractivity contribution in [2.24, 2.45) is 0 Å². The van der Waals surface area contributed by atoms with Crippen LogP contribution in [0.2, 0.25) is 0 Å². The third kappa shape index (κ3) is 8.12. The summed E-state index contributed by atoms with van der Waals surface area (Å²) in [6.45, 7) is 7.78. The van der Waals surface area contributed by atoms with Gasteiger partial charge in [-0.25, -0.2) is 0 Å². The standard InChI is InChI=1S/C17H26N2S.2CH2O2/c1-2-15-7-6-12-19(15)14-17-9-8-16(20-17)13-18-10-4-3-5-11-18;2*2-1-3/h6-9,15H,2-5,10-14H2,1H3;2*1H,(H,2,3). The predicted octanol–water partition coefficient (Wildman–Crippen LogP) is 3.29. The molecule has 0 bridgehead atoms. The Labute approximate surface area is 159 Å². The molecule has 6 nitrogen and oxygen atoms in total. The average Bonchev–Trinajstić information content (AvgIpc) is 3.27. The van der Waals surface area contributed by atoms with E-state index in [2.05, 4.69) is 41.0 Å². The molecule has 146 valence electrons. The molecule has 1 unspecified atom stereocenters. The first kappa shape index (κ1) is 22.3. The van der Waals surface area contributed by atoms with Gasteiger partial charge in [-0.3, -0.25) is 19.4 Å². The van der Waals surface area contributed by atoms with Gasteiger partial charge in [0.05, 0.1) is 0 Å². The molecule has 0 saturated carbocycles. The van der Waals surface area contributed by atoms with E-state index in [0.29, 0.717) is 6.04 Å². The van der Waals surface area contributed by atoms with E-state index in [0.717, 1.165) is 13.1 Å². The Hall–Kier alpha value is -1.70. The fourth-order valence-corrected chi connectivity index (χ4v) is 4.40. The molecular weight excluding hydrogens is 352 g/mol. The molecule has 0 aromatic carbocycles. The van der Waals surface area contributed by atoms with Crippen molar-refractivity contribution < 1.29 is 19.8 Å². The van der Waals surface area contributed by atoms with Crippen LogP contribution in [-0.2, 0) is 22.7 Å². The van der Waals surface area contributed by atoms with E-state index < -0.39 is 0 Å². The number of piperidine rings is 1. The Morgan fingerprint density at radius 2 is 1.65 bits per heavy atom. The molecule has 3 heterocycles. The second-order valence-corrected chi connectivity index (χ2v) is 7.50. The van der Waals surface area contributed by atoms with Crippen molar-refractivity contribution in [3.05, 3.63) is 34.0 Å². The van der Waals surface area contributed by atoms with E-state index in [1.54, 1.807) is 4.88 Å². The quantitative estimate of drug-likeness (QED) is 0.601. The van der Waals surface area contributed by atoms with Gasteiger partial charge in [0.1, 0.15) is 0 Å². The molecule has 2 N–H and O–H groups in total. The first-order chi connectivity index (χ1) is 12.7. The molecule has 1 aromatic rings. The molecule has 26 heavy (non-hydrogen) atoms. The van der Waals surface area contributed by atoms with Gasteiger partial charge in [-0.1, -0.05) is 25.5 Å². The van der Waals surface area contributed by atoms with Crippen molar-refractivity contribution in [3.8, 4) is 0 Å². The van der Waals surface area contributed by atoms with Gasteiger partial charge in [-0.15, -0.1) is 11.3 Å². The smallest absolute Gasteiger partial charge is 0.290 e. The second kappa shape index (κ2) is 13.5. The Bertz CT molecular complexity index is 535. The van der Waals surface area contributed by atoms with Crippen LogP contribution in [-0.4, -0.2) is 58.6 Å². The third-order valence-electron chi connectivity index (χ3n) is 4.49. The maximum Gasteiger partial charge on any atom is 0.290 e. The number of carboxylic acid groups (broad SMARTS) is 2.